The van der Waals surface area contributed by atoms with E-state index in [1.54, 1.807) is 9.80 Å². The molecule has 6 heteroatoms. The summed E-state index contributed by atoms with van der Waals surface area (Å²) in [6.45, 7) is 14.4. The van der Waals surface area contributed by atoms with E-state index in [1.165, 1.54) is 0 Å². The van der Waals surface area contributed by atoms with Crippen molar-refractivity contribution in [3.8, 4) is 0 Å². The summed E-state index contributed by atoms with van der Waals surface area (Å²) < 4.78 is 0. The Bertz CT molecular complexity index is 589. The summed E-state index contributed by atoms with van der Waals surface area (Å²) in [5, 5.41) is 2.98. The van der Waals surface area contributed by atoms with E-state index in [1.807, 2.05) is 20.8 Å². The van der Waals surface area contributed by atoms with Gasteiger partial charge in [-0.15, -0.1) is 0 Å². The second kappa shape index (κ2) is 8.83. The Hall–Kier alpha value is -1.59. The summed E-state index contributed by atoms with van der Waals surface area (Å²) >= 11 is 0. The molecule has 0 aliphatic carbocycles. The molecular weight excluding hydrogens is 354 g/mol. The van der Waals surface area contributed by atoms with Gasteiger partial charge in [-0.05, 0) is 42.9 Å². The quantitative estimate of drug-likeness (QED) is 0.776. The van der Waals surface area contributed by atoms with Gasteiger partial charge in [-0.2, -0.15) is 0 Å². The van der Waals surface area contributed by atoms with Crippen molar-refractivity contribution in [3.63, 3.8) is 0 Å². The molecule has 1 N–H and O–H groups in total. The van der Waals surface area contributed by atoms with Crippen molar-refractivity contribution in [3.05, 3.63) is 0 Å². The molecule has 0 aromatic rings. The van der Waals surface area contributed by atoms with Crippen LogP contribution in [0.25, 0.3) is 0 Å². The summed E-state index contributed by atoms with van der Waals surface area (Å²) in [7, 11) is 0. The van der Waals surface area contributed by atoms with Gasteiger partial charge >= 0.3 is 6.03 Å². The maximum Gasteiger partial charge on any atom is 0.318 e. The van der Waals surface area contributed by atoms with Gasteiger partial charge in [0.1, 0.15) is 0 Å². The van der Waals surface area contributed by atoms with Gasteiger partial charge in [0.2, 0.25) is 5.91 Å². The highest BCUT2D eigenvalue weighted by Gasteiger charge is 2.42. The molecule has 160 valence electrons. The first kappa shape index (κ1) is 22.7. The highest BCUT2D eigenvalue weighted by Crippen LogP contribution is 2.29. The summed E-state index contributed by atoms with van der Waals surface area (Å²) in [5.41, 5.74) is 0.0604. The molecule has 0 bridgehead atoms. The third kappa shape index (κ3) is 6.21. The molecule has 0 radical (unpaired) electrons. The van der Waals surface area contributed by atoms with Crippen molar-refractivity contribution in [2.24, 2.45) is 10.8 Å². The normalized spacial score (nSPS) is 23.2. The lowest BCUT2D eigenvalue weighted by Gasteiger charge is -2.31. The third-order valence-electron chi connectivity index (χ3n) is 5.58. The maximum absolute atomic E-state index is 13.3. The lowest BCUT2D eigenvalue weighted by atomic mass is 9.91. The van der Waals surface area contributed by atoms with E-state index in [2.05, 4.69) is 26.1 Å². The van der Waals surface area contributed by atoms with Gasteiger partial charge in [-0.25, -0.2) is 4.79 Å². The zero-order chi connectivity index (χ0) is 21.1. The summed E-state index contributed by atoms with van der Waals surface area (Å²) in [6.07, 6.45) is 4.44. The predicted molar refractivity (Wildman–Crippen MR) is 111 cm³/mol. The molecule has 28 heavy (non-hydrogen) atoms. The van der Waals surface area contributed by atoms with Crippen LogP contribution in [0.3, 0.4) is 0 Å². The molecule has 2 aliphatic rings. The van der Waals surface area contributed by atoms with Crippen LogP contribution in [0.1, 0.15) is 80.1 Å². The number of urea groups is 1. The van der Waals surface area contributed by atoms with Crippen molar-refractivity contribution in [1.29, 1.82) is 0 Å². The number of carbonyl (C=O) groups is 3. The topological polar surface area (TPSA) is 69.7 Å². The minimum atomic E-state index is -0.400. The van der Waals surface area contributed by atoms with Crippen LogP contribution in [0.15, 0.2) is 0 Å². The second-order valence-electron chi connectivity index (χ2n) is 10.8. The van der Waals surface area contributed by atoms with Crippen LogP contribution in [0.4, 0.5) is 4.79 Å². The molecule has 2 aliphatic heterocycles. The molecule has 6 nitrogen and oxygen atoms in total. The lowest BCUT2D eigenvalue weighted by molar-refractivity contribution is -0.140. The number of rotatable bonds is 5. The molecule has 2 fully saturated rings. The van der Waals surface area contributed by atoms with E-state index in [-0.39, 0.29) is 34.6 Å². The first-order chi connectivity index (χ1) is 12.9. The van der Waals surface area contributed by atoms with Crippen LogP contribution in [-0.2, 0) is 9.59 Å². The van der Waals surface area contributed by atoms with E-state index < -0.39 is 6.04 Å². The van der Waals surface area contributed by atoms with Crippen molar-refractivity contribution in [2.45, 2.75) is 92.2 Å². The molecule has 0 aromatic heterocycles. The predicted octanol–water partition coefficient (Wildman–Crippen LogP) is 3.59. The molecule has 1 unspecified atom stereocenters. The molecule has 0 spiro atoms. The van der Waals surface area contributed by atoms with Crippen molar-refractivity contribution in [1.82, 2.24) is 15.1 Å². The first-order valence-electron chi connectivity index (χ1n) is 10.8. The van der Waals surface area contributed by atoms with Crippen molar-refractivity contribution in [2.75, 3.05) is 19.6 Å². The van der Waals surface area contributed by atoms with Crippen LogP contribution in [0.5, 0.6) is 0 Å². The number of ketones is 1. The molecule has 3 amide bonds. The number of Topliss-reactive ketones (excluding diaryl/α,β-unsaturated/α-hetero) is 1. The third-order valence-corrected chi connectivity index (χ3v) is 5.58. The van der Waals surface area contributed by atoms with Gasteiger partial charge in [0.25, 0.3) is 0 Å². The zero-order valence-corrected chi connectivity index (χ0v) is 18.6. The lowest BCUT2D eigenvalue weighted by Crippen LogP contribution is -2.52. The average Bonchev–Trinajstić information content (AvgIpc) is 3.20. The zero-order valence-electron chi connectivity index (χ0n) is 18.6. The number of amides is 3. The minimum absolute atomic E-state index is 0.0447. The van der Waals surface area contributed by atoms with Crippen LogP contribution in [0.2, 0.25) is 0 Å². The van der Waals surface area contributed by atoms with Gasteiger partial charge in [0, 0.05) is 26.1 Å². The Balaban J connectivity index is 1.99. The number of likely N-dealkylation sites (tertiary alicyclic amines) is 2. The number of nitrogens with one attached hydrogen (secondary N) is 1. The van der Waals surface area contributed by atoms with Gasteiger partial charge in [0.15, 0.2) is 5.78 Å². The van der Waals surface area contributed by atoms with Crippen molar-refractivity contribution < 1.29 is 14.4 Å². The van der Waals surface area contributed by atoms with E-state index >= 15 is 0 Å². The fraction of sp³-hybridized carbons (Fsp3) is 0.864. The fourth-order valence-electron chi connectivity index (χ4n) is 4.09. The number of nitrogens with zero attached hydrogens (tertiary/aromatic N) is 2. The highest BCUT2D eigenvalue weighted by atomic mass is 16.2. The van der Waals surface area contributed by atoms with Crippen LogP contribution < -0.4 is 5.32 Å². The molecule has 2 atom stereocenters. The Labute approximate surface area is 170 Å². The molecular formula is C22H39N3O3. The largest absolute Gasteiger partial charge is 0.338 e. The minimum Gasteiger partial charge on any atom is -0.338 e. The van der Waals surface area contributed by atoms with E-state index in [4.69, 9.17) is 0 Å². The average molecular weight is 394 g/mol. The second-order valence-corrected chi connectivity index (χ2v) is 10.8. The van der Waals surface area contributed by atoms with Crippen LogP contribution in [0, 0.1) is 10.8 Å². The highest BCUT2D eigenvalue weighted by molar-refractivity contribution is 5.95. The summed E-state index contributed by atoms with van der Waals surface area (Å²) in [5.74, 6) is 0.103. The van der Waals surface area contributed by atoms with Gasteiger partial charge in [-0.1, -0.05) is 41.5 Å². The van der Waals surface area contributed by atoms with Gasteiger partial charge < -0.3 is 15.1 Å². The van der Waals surface area contributed by atoms with E-state index in [9.17, 15) is 14.4 Å². The van der Waals surface area contributed by atoms with Gasteiger partial charge in [0.05, 0.1) is 12.1 Å². The fourth-order valence-corrected chi connectivity index (χ4v) is 4.09. The smallest absolute Gasteiger partial charge is 0.318 e. The molecule has 2 rings (SSSR count). The van der Waals surface area contributed by atoms with Crippen LogP contribution in [-0.4, -0.2) is 59.2 Å². The Kier molecular flexibility index (Phi) is 7.16. The summed E-state index contributed by atoms with van der Waals surface area (Å²) in [6, 6.07) is -0.920. The Morgan fingerprint density at radius 3 is 1.93 bits per heavy atom. The number of hydrogen-bond donors (Lipinski definition) is 1. The SMILES string of the molecule is CC(C)(C)CCNC(=O)N1CCCC1C(=O)[C@@H]1CCCN1C(=O)CC(C)(C)C. The Morgan fingerprint density at radius 1 is 0.857 bits per heavy atom. The van der Waals surface area contributed by atoms with Gasteiger partial charge in [-0.3, -0.25) is 9.59 Å². The molecule has 2 saturated heterocycles. The van der Waals surface area contributed by atoms with Crippen LogP contribution >= 0.6 is 0 Å². The van der Waals surface area contributed by atoms with E-state index in [0.29, 0.717) is 38.9 Å². The molecule has 0 aromatic carbocycles. The van der Waals surface area contributed by atoms with Crippen molar-refractivity contribution >= 4 is 17.7 Å². The molecule has 0 saturated carbocycles. The monoisotopic (exact) mass is 393 g/mol. The number of carbonyl (C=O) groups excluding carboxylic acids is 3. The number of hydrogen-bond acceptors (Lipinski definition) is 3. The first-order valence-corrected chi connectivity index (χ1v) is 10.8. The maximum atomic E-state index is 13.3. The molecule has 2 heterocycles. The standard InChI is InChI=1S/C22H39N3O3/c1-21(2,3)11-12-23-20(28)25-14-8-10-17(25)19(27)16-9-7-13-24(16)18(26)15-22(4,5)6/h16-17H,7-15H2,1-6H3,(H,23,28)/t16-,17?/m0/s1. The Morgan fingerprint density at radius 2 is 1.39 bits per heavy atom. The summed E-state index contributed by atoms with van der Waals surface area (Å²) in [4.78, 5) is 42.1. The van der Waals surface area contributed by atoms with E-state index in [0.717, 1.165) is 19.3 Å².